The summed E-state index contributed by atoms with van der Waals surface area (Å²) in [6, 6.07) is 4.87. The third kappa shape index (κ3) is 2.27. The summed E-state index contributed by atoms with van der Waals surface area (Å²) < 4.78 is 13.2. The molecule has 5 heteroatoms. The highest BCUT2D eigenvalue weighted by Gasteiger charge is 2.22. The summed E-state index contributed by atoms with van der Waals surface area (Å²) in [5, 5.41) is 0.0508. The highest BCUT2D eigenvalue weighted by Crippen LogP contribution is 2.26. The zero-order valence-electron chi connectivity index (χ0n) is 8.00. The van der Waals surface area contributed by atoms with Gasteiger partial charge in [0, 0.05) is 5.56 Å². The first-order chi connectivity index (χ1) is 7.22. The van der Waals surface area contributed by atoms with Crippen LogP contribution in [0.3, 0.4) is 0 Å². The van der Waals surface area contributed by atoms with E-state index in [0.29, 0.717) is 17.4 Å². The number of amidine groups is 1. The molecule has 0 amide bonds. The van der Waals surface area contributed by atoms with Crippen molar-refractivity contribution in [3.63, 3.8) is 0 Å². The predicted molar refractivity (Wildman–Crippen MR) is 58.3 cm³/mol. The van der Waals surface area contributed by atoms with Gasteiger partial charge in [0.15, 0.2) is 0 Å². The van der Waals surface area contributed by atoms with Gasteiger partial charge in [-0.05, 0) is 25.0 Å². The number of rotatable bonds is 2. The molecule has 3 nitrogen and oxygen atoms in total. The van der Waals surface area contributed by atoms with Gasteiger partial charge in [-0.1, -0.05) is 17.7 Å². The summed E-state index contributed by atoms with van der Waals surface area (Å²) in [7, 11) is 0. The average molecular weight is 228 g/mol. The van der Waals surface area contributed by atoms with Crippen LogP contribution in [0.4, 0.5) is 4.39 Å². The molecule has 0 unspecified atom stereocenters. The van der Waals surface area contributed by atoms with E-state index >= 15 is 0 Å². The van der Waals surface area contributed by atoms with Gasteiger partial charge in [-0.2, -0.15) is 0 Å². The van der Waals surface area contributed by atoms with E-state index in [1.165, 1.54) is 6.07 Å². The van der Waals surface area contributed by atoms with Crippen LogP contribution in [0.25, 0.3) is 0 Å². The van der Waals surface area contributed by atoms with Gasteiger partial charge < -0.3 is 5.43 Å². The van der Waals surface area contributed by atoms with E-state index in [0.717, 1.165) is 12.8 Å². The molecule has 0 radical (unpaired) electrons. The lowest BCUT2D eigenvalue weighted by Gasteiger charge is -2.07. The summed E-state index contributed by atoms with van der Waals surface area (Å²) in [5.41, 5.74) is 2.96. The Labute approximate surface area is 92.1 Å². The monoisotopic (exact) mass is 227 g/mol. The van der Waals surface area contributed by atoms with Crippen LogP contribution >= 0.6 is 11.6 Å². The fraction of sp³-hybridized carbons (Fsp3) is 0.300. The topological polar surface area (TPSA) is 50.4 Å². The minimum atomic E-state index is -0.465. The van der Waals surface area contributed by atoms with Crippen LogP contribution in [0.5, 0.6) is 0 Å². The normalized spacial score (nSPS) is 16.6. The Bertz CT molecular complexity index is 402. The molecule has 1 aromatic carbocycles. The van der Waals surface area contributed by atoms with Gasteiger partial charge >= 0.3 is 0 Å². The molecule has 3 N–H and O–H groups in total. The highest BCUT2D eigenvalue weighted by molar-refractivity contribution is 6.34. The van der Waals surface area contributed by atoms with Gasteiger partial charge in [-0.25, -0.2) is 10.2 Å². The third-order valence-electron chi connectivity index (χ3n) is 2.20. The van der Waals surface area contributed by atoms with Crippen molar-refractivity contribution in [3.05, 3.63) is 34.6 Å². The number of aliphatic imine (C=N–C) groups is 1. The lowest BCUT2D eigenvalue weighted by atomic mass is 10.2. The summed E-state index contributed by atoms with van der Waals surface area (Å²) >= 11 is 5.82. The molecule has 0 spiro atoms. The smallest absolute Gasteiger partial charge is 0.144 e. The number of benzene rings is 1. The molecule has 0 aromatic heterocycles. The number of hydrazine groups is 1. The molecule has 0 saturated heterocycles. The molecule has 1 aliphatic rings. The van der Waals surface area contributed by atoms with Gasteiger partial charge in [-0.15, -0.1) is 0 Å². The molecule has 0 aliphatic heterocycles. The van der Waals surface area contributed by atoms with Crippen LogP contribution in [-0.4, -0.2) is 11.9 Å². The van der Waals surface area contributed by atoms with Crippen LogP contribution < -0.4 is 11.3 Å². The zero-order chi connectivity index (χ0) is 10.8. The molecule has 1 saturated carbocycles. The van der Waals surface area contributed by atoms with Crippen molar-refractivity contribution in [1.29, 1.82) is 0 Å². The molecule has 80 valence electrons. The summed E-state index contributed by atoms with van der Waals surface area (Å²) in [5.74, 6) is 5.32. The maximum absolute atomic E-state index is 13.2. The van der Waals surface area contributed by atoms with E-state index in [1.807, 2.05) is 0 Å². The number of nitrogens with zero attached hydrogens (tertiary/aromatic N) is 1. The molecular weight excluding hydrogens is 217 g/mol. The Morgan fingerprint density at radius 1 is 1.53 bits per heavy atom. The molecule has 15 heavy (non-hydrogen) atoms. The maximum Gasteiger partial charge on any atom is 0.144 e. The Balaban J connectivity index is 2.37. The second-order valence-corrected chi connectivity index (χ2v) is 3.83. The number of halogens is 2. The van der Waals surface area contributed by atoms with E-state index in [4.69, 9.17) is 17.4 Å². The van der Waals surface area contributed by atoms with Crippen LogP contribution in [0.2, 0.25) is 5.02 Å². The largest absolute Gasteiger partial charge is 0.308 e. The Kier molecular flexibility index (Phi) is 2.88. The fourth-order valence-corrected chi connectivity index (χ4v) is 1.47. The van der Waals surface area contributed by atoms with Crippen LogP contribution in [0.1, 0.15) is 18.4 Å². The van der Waals surface area contributed by atoms with Gasteiger partial charge in [0.1, 0.15) is 11.7 Å². The molecule has 1 aromatic rings. The van der Waals surface area contributed by atoms with Crippen LogP contribution in [-0.2, 0) is 0 Å². The van der Waals surface area contributed by atoms with Crippen molar-refractivity contribution in [1.82, 2.24) is 5.43 Å². The van der Waals surface area contributed by atoms with Crippen molar-refractivity contribution in [3.8, 4) is 0 Å². The summed E-state index contributed by atoms with van der Waals surface area (Å²) in [6.07, 6.45) is 2.11. The van der Waals surface area contributed by atoms with Crippen molar-refractivity contribution >= 4 is 17.4 Å². The van der Waals surface area contributed by atoms with Crippen molar-refractivity contribution in [2.75, 3.05) is 0 Å². The lowest BCUT2D eigenvalue weighted by Crippen LogP contribution is -2.31. The van der Waals surface area contributed by atoms with Gasteiger partial charge in [0.05, 0.1) is 11.1 Å². The van der Waals surface area contributed by atoms with Gasteiger partial charge in [0.25, 0.3) is 0 Å². The molecule has 2 rings (SSSR count). The predicted octanol–water partition coefficient (Wildman–Crippen LogP) is 1.85. The first-order valence-electron chi connectivity index (χ1n) is 4.71. The first-order valence-corrected chi connectivity index (χ1v) is 5.09. The molecule has 0 heterocycles. The number of hydrogen-bond acceptors (Lipinski definition) is 2. The Morgan fingerprint density at radius 3 is 2.87 bits per heavy atom. The van der Waals surface area contributed by atoms with E-state index in [1.54, 1.807) is 12.1 Å². The third-order valence-corrected chi connectivity index (χ3v) is 2.59. The average Bonchev–Trinajstić information content (AvgIpc) is 3.03. The van der Waals surface area contributed by atoms with E-state index in [9.17, 15) is 4.39 Å². The van der Waals surface area contributed by atoms with Crippen LogP contribution in [0, 0.1) is 5.82 Å². The second-order valence-electron chi connectivity index (χ2n) is 3.45. The number of nitrogens with two attached hydrogens (primary N) is 1. The quantitative estimate of drug-likeness (QED) is 0.351. The Hall–Kier alpha value is -1.13. The maximum atomic E-state index is 13.2. The SMILES string of the molecule is NNC(=NC1CC1)c1cccc(F)c1Cl. The minimum Gasteiger partial charge on any atom is -0.308 e. The summed E-state index contributed by atoms with van der Waals surface area (Å²) in [6.45, 7) is 0. The first kappa shape index (κ1) is 10.4. The number of nitrogens with one attached hydrogen (secondary N) is 1. The van der Waals surface area contributed by atoms with Crippen molar-refractivity contribution in [2.45, 2.75) is 18.9 Å². The van der Waals surface area contributed by atoms with Crippen molar-refractivity contribution in [2.24, 2.45) is 10.8 Å². The van der Waals surface area contributed by atoms with E-state index in [2.05, 4.69) is 10.4 Å². The Morgan fingerprint density at radius 2 is 2.27 bits per heavy atom. The number of hydrogen-bond donors (Lipinski definition) is 2. The van der Waals surface area contributed by atoms with Gasteiger partial charge in [-0.3, -0.25) is 4.99 Å². The fourth-order valence-electron chi connectivity index (χ4n) is 1.26. The second kappa shape index (κ2) is 4.16. The molecule has 0 bridgehead atoms. The van der Waals surface area contributed by atoms with Crippen molar-refractivity contribution < 1.29 is 4.39 Å². The zero-order valence-corrected chi connectivity index (χ0v) is 8.76. The lowest BCUT2D eigenvalue weighted by molar-refractivity contribution is 0.628. The molecule has 1 aliphatic carbocycles. The molecule has 0 atom stereocenters. The molecular formula is C10H11ClFN3. The molecule has 1 fully saturated rings. The van der Waals surface area contributed by atoms with Crippen LogP contribution in [0.15, 0.2) is 23.2 Å². The summed E-state index contributed by atoms with van der Waals surface area (Å²) in [4.78, 5) is 4.31. The van der Waals surface area contributed by atoms with E-state index in [-0.39, 0.29) is 5.02 Å². The highest BCUT2D eigenvalue weighted by atomic mass is 35.5. The minimum absolute atomic E-state index is 0.0508. The van der Waals surface area contributed by atoms with Gasteiger partial charge in [0.2, 0.25) is 0 Å². The van der Waals surface area contributed by atoms with E-state index < -0.39 is 5.82 Å². The standard InChI is InChI=1S/C10H11ClFN3/c11-9-7(2-1-3-8(9)12)10(15-13)14-6-4-5-6/h1-3,6H,4-5,13H2,(H,14,15).